The van der Waals surface area contributed by atoms with Crippen LogP contribution in [0.3, 0.4) is 0 Å². The first kappa shape index (κ1) is 16.4. The van der Waals surface area contributed by atoms with Crippen LogP contribution < -0.4 is 5.84 Å². The Kier molecular flexibility index (Phi) is 8.55. The largest absolute Gasteiger partial charge is 0.476 e. The first-order valence-corrected chi connectivity index (χ1v) is 5.69. The van der Waals surface area contributed by atoms with Crippen molar-refractivity contribution in [3.05, 3.63) is 0 Å². The van der Waals surface area contributed by atoms with Gasteiger partial charge in [-0.1, -0.05) is 13.8 Å². The quantitative estimate of drug-likeness (QED) is 0.166. The van der Waals surface area contributed by atoms with Gasteiger partial charge in [0.15, 0.2) is 0 Å². The molecule has 0 radical (unpaired) electrons. The summed E-state index contributed by atoms with van der Waals surface area (Å²) >= 11 is 0. The molecule has 0 saturated heterocycles. The van der Waals surface area contributed by atoms with E-state index in [0.717, 1.165) is 0 Å². The topological polar surface area (TPSA) is 106 Å². The molecule has 18 heavy (non-hydrogen) atoms. The number of carbonyl (C=O) groups excluding carboxylic acids is 1. The predicted octanol–water partition coefficient (Wildman–Crippen LogP) is -0.0740. The average molecular weight is 259 g/mol. The van der Waals surface area contributed by atoms with E-state index >= 15 is 0 Å². The molecule has 1 atom stereocenters. The first-order valence-electron chi connectivity index (χ1n) is 5.69. The van der Waals surface area contributed by atoms with Crippen LogP contribution in [0.15, 0.2) is 10.1 Å². The van der Waals surface area contributed by atoms with Crippen LogP contribution >= 0.6 is 0 Å². The minimum atomic E-state index is -0.617. The highest BCUT2D eigenvalue weighted by Gasteiger charge is 2.21. The second-order valence-electron chi connectivity index (χ2n) is 3.88. The Balaban J connectivity index is 4.49. The molecule has 3 N–H and O–H groups in total. The van der Waals surface area contributed by atoms with E-state index in [4.69, 9.17) is 15.7 Å². The summed E-state index contributed by atoms with van der Waals surface area (Å²) in [6.45, 7) is 4.00. The Hall–Kier alpha value is -1.63. The van der Waals surface area contributed by atoms with Gasteiger partial charge in [-0.2, -0.15) is 0 Å². The molecule has 0 saturated carbocycles. The number of nitrogens with zero attached hydrogens (tertiary/aromatic N) is 2. The summed E-state index contributed by atoms with van der Waals surface area (Å²) in [5.74, 6) is 4.80. The third-order valence-corrected chi connectivity index (χ3v) is 2.10. The molecular weight excluding hydrogens is 238 g/mol. The van der Waals surface area contributed by atoms with Crippen LogP contribution in [-0.2, 0) is 14.3 Å². The minimum absolute atomic E-state index is 0.00911. The van der Waals surface area contributed by atoms with Crippen molar-refractivity contribution >= 4 is 18.1 Å². The van der Waals surface area contributed by atoms with Crippen molar-refractivity contribution in [2.24, 2.45) is 21.9 Å². The fourth-order valence-corrected chi connectivity index (χ4v) is 1.12. The molecule has 0 aliphatic rings. The molecule has 0 rings (SSSR count). The number of aliphatic hydroxyl groups excluding tert-OH is 1. The van der Waals surface area contributed by atoms with Crippen LogP contribution in [0.5, 0.6) is 0 Å². The van der Waals surface area contributed by atoms with Gasteiger partial charge in [-0.3, -0.25) is 4.99 Å². The van der Waals surface area contributed by atoms with Gasteiger partial charge in [0.1, 0.15) is 6.04 Å². The van der Waals surface area contributed by atoms with Gasteiger partial charge in [-0.25, -0.2) is 4.79 Å². The number of hydrogen-bond donors (Lipinski definition) is 2. The third kappa shape index (κ3) is 6.19. The van der Waals surface area contributed by atoms with E-state index in [-0.39, 0.29) is 25.0 Å². The van der Waals surface area contributed by atoms with E-state index in [1.54, 1.807) is 0 Å². The summed E-state index contributed by atoms with van der Waals surface area (Å²) in [5, 5.41) is 12.0. The van der Waals surface area contributed by atoms with Gasteiger partial charge < -0.3 is 20.4 Å². The van der Waals surface area contributed by atoms with Gasteiger partial charge in [0.25, 0.3) is 0 Å². The van der Waals surface area contributed by atoms with Crippen LogP contribution in [-0.4, -0.2) is 49.6 Å². The van der Waals surface area contributed by atoms with Crippen molar-refractivity contribution in [1.82, 2.24) is 0 Å². The lowest BCUT2D eigenvalue weighted by molar-refractivity contribution is -0.143. The Bertz CT molecular complexity index is 303. The third-order valence-electron chi connectivity index (χ3n) is 2.10. The van der Waals surface area contributed by atoms with Crippen molar-refractivity contribution in [3.63, 3.8) is 0 Å². The smallest absolute Gasteiger partial charge is 0.330 e. The Labute approximate surface area is 107 Å². The number of hydrogen-bond acceptors (Lipinski definition) is 7. The molecule has 0 fully saturated rings. The van der Waals surface area contributed by atoms with E-state index in [1.807, 2.05) is 13.8 Å². The highest BCUT2D eigenvalue weighted by molar-refractivity contribution is 6.26. The fraction of sp³-hybridized carbons (Fsp3) is 0.727. The predicted molar refractivity (Wildman–Crippen MR) is 68.4 cm³/mol. The molecule has 0 bridgehead atoms. The van der Waals surface area contributed by atoms with Gasteiger partial charge in [0, 0.05) is 13.0 Å². The molecule has 0 heterocycles. The summed E-state index contributed by atoms with van der Waals surface area (Å²) in [7, 11) is 1.31. The molecule has 0 aromatic rings. The van der Waals surface area contributed by atoms with E-state index in [2.05, 4.69) is 14.8 Å². The number of esters is 1. The molecule has 7 nitrogen and oxygen atoms in total. The number of hydrazone groups is 1. The van der Waals surface area contributed by atoms with Gasteiger partial charge in [-0.15, -0.1) is 5.10 Å². The number of rotatable bonds is 7. The van der Waals surface area contributed by atoms with E-state index in [9.17, 15) is 4.79 Å². The number of ether oxygens (including phenoxy) is 2. The van der Waals surface area contributed by atoms with Crippen molar-refractivity contribution in [2.75, 3.05) is 20.3 Å². The Morgan fingerprint density at radius 3 is 2.61 bits per heavy atom. The highest BCUT2D eigenvalue weighted by Crippen LogP contribution is 2.07. The maximum atomic E-state index is 11.4. The lowest BCUT2D eigenvalue weighted by atomic mass is 10.1. The standard InChI is InChI=1S/C11H21N3O4/c1-8(2)10(11(16)17-3)13-7-9(14-12)18-6-4-5-15/h7-8,10,15H,4-6,12H2,1-3H3/b13-7?,14-9+. The molecule has 7 heteroatoms. The highest BCUT2D eigenvalue weighted by atomic mass is 16.5. The molecule has 0 spiro atoms. The first-order chi connectivity index (χ1) is 8.56. The maximum Gasteiger partial charge on any atom is 0.330 e. The van der Waals surface area contributed by atoms with Gasteiger partial charge in [0.2, 0.25) is 5.90 Å². The second-order valence-corrected chi connectivity index (χ2v) is 3.88. The van der Waals surface area contributed by atoms with Crippen LogP contribution in [0.4, 0.5) is 0 Å². The lowest BCUT2D eigenvalue weighted by Crippen LogP contribution is -2.27. The van der Waals surface area contributed by atoms with Crippen molar-refractivity contribution in [2.45, 2.75) is 26.3 Å². The molecule has 0 aromatic carbocycles. The number of carbonyl (C=O) groups is 1. The summed E-state index contributed by atoms with van der Waals surface area (Å²) in [5.41, 5.74) is 0. The minimum Gasteiger partial charge on any atom is -0.476 e. The molecule has 0 aromatic heterocycles. The average Bonchev–Trinajstić information content (AvgIpc) is 2.36. The molecule has 0 aliphatic heterocycles. The zero-order valence-corrected chi connectivity index (χ0v) is 11.0. The number of aliphatic imine (C=N–C) groups is 1. The summed E-state index contributed by atoms with van der Waals surface area (Å²) in [6, 6.07) is -0.617. The van der Waals surface area contributed by atoms with Crippen molar-refractivity contribution in [3.8, 4) is 0 Å². The lowest BCUT2D eigenvalue weighted by Gasteiger charge is -2.13. The summed E-state index contributed by atoms with van der Waals surface area (Å²) in [6.07, 6.45) is 1.76. The molecule has 104 valence electrons. The number of methoxy groups -OCH3 is 1. The monoisotopic (exact) mass is 259 g/mol. The van der Waals surface area contributed by atoms with Gasteiger partial charge in [0.05, 0.1) is 19.9 Å². The van der Waals surface area contributed by atoms with Gasteiger partial charge in [-0.05, 0) is 5.92 Å². The van der Waals surface area contributed by atoms with Crippen LogP contribution in [0.2, 0.25) is 0 Å². The molecule has 1 unspecified atom stereocenters. The number of aliphatic hydroxyl groups is 1. The summed E-state index contributed by atoms with van der Waals surface area (Å²) in [4.78, 5) is 15.5. The van der Waals surface area contributed by atoms with Crippen molar-refractivity contribution in [1.29, 1.82) is 0 Å². The maximum absolute atomic E-state index is 11.4. The second kappa shape index (κ2) is 9.41. The Morgan fingerprint density at radius 1 is 1.50 bits per heavy atom. The molecule has 0 amide bonds. The van der Waals surface area contributed by atoms with Crippen LogP contribution in [0, 0.1) is 5.92 Å². The number of nitrogens with two attached hydrogens (primary N) is 1. The van der Waals surface area contributed by atoms with E-state index in [0.29, 0.717) is 6.42 Å². The van der Waals surface area contributed by atoms with E-state index in [1.165, 1.54) is 13.3 Å². The Morgan fingerprint density at radius 2 is 2.17 bits per heavy atom. The normalized spacial score (nSPS) is 13.9. The molecule has 0 aliphatic carbocycles. The van der Waals surface area contributed by atoms with E-state index < -0.39 is 12.0 Å². The van der Waals surface area contributed by atoms with Crippen LogP contribution in [0.1, 0.15) is 20.3 Å². The zero-order chi connectivity index (χ0) is 14.0. The zero-order valence-electron chi connectivity index (χ0n) is 11.0. The SMILES string of the molecule is COC(=O)C(N=C/C(=N\N)OCCCO)C(C)C. The van der Waals surface area contributed by atoms with Crippen molar-refractivity contribution < 1.29 is 19.4 Å². The van der Waals surface area contributed by atoms with Gasteiger partial charge >= 0.3 is 5.97 Å². The summed E-state index contributed by atoms with van der Waals surface area (Å²) < 4.78 is 9.78. The molecular formula is C11H21N3O4. The fourth-order valence-electron chi connectivity index (χ4n) is 1.12. The van der Waals surface area contributed by atoms with Crippen LogP contribution in [0.25, 0.3) is 0 Å².